The van der Waals surface area contributed by atoms with E-state index in [0.717, 1.165) is 11.3 Å². The van der Waals surface area contributed by atoms with Gasteiger partial charge in [-0.05, 0) is 31.9 Å². The van der Waals surface area contributed by atoms with Crippen molar-refractivity contribution in [1.29, 1.82) is 0 Å². The summed E-state index contributed by atoms with van der Waals surface area (Å²) in [5.74, 6) is 1.73. The maximum Gasteiger partial charge on any atom is 0.248 e. The maximum atomic E-state index is 11.6. The van der Waals surface area contributed by atoms with Crippen molar-refractivity contribution in [2.24, 2.45) is 0 Å². The fraction of sp³-hybridized carbons (Fsp3) is 0.357. The van der Waals surface area contributed by atoms with Crippen LogP contribution >= 0.6 is 0 Å². The van der Waals surface area contributed by atoms with E-state index in [4.69, 9.17) is 4.74 Å². The first-order chi connectivity index (χ1) is 9.65. The minimum Gasteiger partial charge on any atom is -0.493 e. The van der Waals surface area contributed by atoms with Crippen LogP contribution < -0.4 is 10.1 Å². The number of nitrogens with zero attached hydrogens (tertiary/aromatic N) is 2. The second kappa shape index (κ2) is 6.70. The molecule has 0 spiro atoms. The molecule has 0 saturated heterocycles. The number of aromatic nitrogens is 3. The quantitative estimate of drug-likeness (QED) is 0.791. The summed E-state index contributed by atoms with van der Waals surface area (Å²) in [6.07, 6.45) is 1.02. The monoisotopic (exact) mass is 274 g/mol. The maximum absolute atomic E-state index is 11.6. The number of H-pyrrole nitrogens is 1. The van der Waals surface area contributed by atoms with Gasteiger partial charge in [-0.15, -0.1) is 5.10 Å². The molecule has 0 unspecified atom stereocenters. The lowest BCUT2D eigenvalue weighted by atomic mass is 10.2. The van der Waals surface area contributed by atoms with Crippen molar-refractivity contribution in [2.75, 3.05) is 11.9 Å². The molecule has 1 amide bonds. The number of amides is 1. The lowest BCUT2D eigenvalue weighted by Crippen LogP contribution is -2.13. The van der Waals surface area contributed by atoms with E-state index < -0.39 is 0 Å². The predicted molar refractivity (Wildman–Crippen MR) is 75.7 cm³/mol. The van der Waals surface area contributed by atoms with E-state index in [2.05, 4.69) is 20.5 Å². The summed E-state index contributed by atoms with van der Waals surface area (Å²) in [6.45, 7) is 4.28. The Morgan fingerprint density at radius 1 is 1.35 bits per heavy atom. The molecule has 6 heteroatoms. The number of carbonyl (C=O) groups excluding carboxylic acids is 1. The summed E-state index contributed by atoms with van der Waals surface area (Å²) in [5, 5.41) is 9.14. The number of aromatic amines is 1. The third-order valence-corrected chi connectivity index (χ3v) is 2.75. The van der Waals surface area contributed by atoms with Crippen LogP contribution in [0.1, 0.15) is 24.2 Å². The molecule has 0 radical (unpaired) electrons. The third kappa shape index (κ3) is 4.08. The highest BCUT2D eigenvalue weighted by Crippen LogP contribution is 2.16. The zero-order valence-corrected chi connectivity index (χ0v) is 11.6. The fourth-order valence-electron chi connectivity index (χ4n) is 1.72. The molecule has 1 aromatic carbocycles. The van der Waals surface area contributed by atoms with Crippen LogP contribution in [-0.2, 0) is 4.79 Å². The molecule has 0 aliphatic heterocycles. The van der Waals surface area contributed by atoms with Gasteiger partial charge in [-0.25, -0.2) is 0 Å². The van der Waals surface area contributed by atoms with Crippen molar-refractivity contribution in [2.45, 2.75) is 26.7 Å². The summed E-state index contributed by atoms with van der Waals surface area (Å²) >= 11 is 0. The van der Waals surface area contributed by atoms with Gasteiger partial charge >= 0.3 is 0 Å². The molecule has 2 aromatic rings. The molecule has 6 nitrogen and oxygen atoms in total. The summed E-state index contributed by atoms with van der Waals surface area (Å²) in [4.78, 5) is 15.6. The SMILES string of the molecule is Cc1nc(NC(=O)CCCOc2ccccc2C)n[nH]1. The molecule has 0 aliphatic carbocycles. The van der Waals surface area contributed by atoms with Crippen LogP contribution in [-0.4, -0.2) is 27.7 Å². The Balaban J connectivity index is 1.68. The summed E-state index contributed by atoms with van der Waals surface area (Å²) in [7, 11) is 0. The Morgan fingerprint density at radius 2 is 2.15 bits per heavy atom. The fourth-order valence-corrected chi connectivity index (χ4v) is 1.72. The Morgan fingerprint density at radius 3 is 2.85 bits per heavy atom. The minimum atomic E-state index is -0.114. The average molecular weight is 274 g/mol. The second-order valence-electron chi connectivity index (χ2n) is 4.51. The number of benzene rings is 1. The molecule has 20 heavy (non-hydrogen) atoms. The predicted octanol–water partition coefficient (Wildman–Crippen LogP) is 2.22. The first kappa shape index (κ1) is 14.0. The first-order valence-electron chi connectivity index (χ1n) is 6.52. The molecule has 0 aliphatic rings. The van der Waals surface area contributed by atoms with Crippen LogP contribution in [0.25, 0.3) is 0 Å². The number of hydrogen-bond acceptors (Lipinski definition) is 4. The highest BCUT2D eigenvalue weighted by molar-refractivity contribution is 5.88. The number of aryl methyl sites for hydroxylation is 2. The molecule has 1 heterocycles. The van der Waals surface area contributed by atoms with Crippen LogP contribution in [0.4, 0.5) is 5.95 Å². The van der Waals surface area contributed by atoms with Crippen molar-refractivity contribution in [3.63, 3.8) is 0 Å². The Kier molecular flexibility index (Phi) is 4.70. The van der Waals surface area contributed by atoms with Gasteiger partial charge in [-0.1, -0.05) is 18.2 Å². The number of carbonyl (C=O) groups is 1. The van der Waals surface area contributed by atoms with E-state index in [1.165, 1.54) is 0 Å². The van der Waals surface area contributed by atoms with Gasteiger partial charge in [0.25, 0.3) is 0 Å². The van der Waals surface area contributed by atoms with E-state index in [1.54, 1.807) is 6.92 Å². The van der Waals surface area contributed by atoms with Gasteiger partial charge in [0.2, 0.25) is 11.9 Å². The number of hydrogen-bond donors (Lipinski definition) is 2. The Labute approximate surface area is 117 Å². The van der Waals surface area contributed by atoms with E-state index in [0.29, 0.717) is 31.2 Å². The van der Waals surface area contributed by atoms with Crippen LogP contribution in [0.3, 0.4) is 0 Å². The van der Waals surface area contributed by atoms with E-state index in [1.807, 2.05) is 31.2 Å². The molecule has 2 N–H and O–H groups in total. The van der Waals surface area contributed by atoms with Gasteiger partial charge < -0.3 is 4.74 Å². The molecule has 2 rings (SSSR count). The molecule has 0 saturated carbocycles. The number of rotatable bonds is 6. The summed E-state index contributed by atoms with van der Waals surface area (Å²) in [6, 6.07) is 7.81. The molecule has 0 bridgehead atoms. The zero-order chi connectivity index (χ0) is 14.4. The molecule has 1 aromatic heterocycles. The van der Waals surface area contributed by atoms with E-state index in [9.17, 15) is 4.79 Å². The van der Waals surface area contributed by atoms with Crippen LogP contribution in [0.2, 0.25) is 0 Å². The highest BCUT2D eigenvalue weighted by atomic mass is 16.5. The standard InChI is InChI=1S/C14H18N4O2/c1-10-6-3-4-7-12(10)20-9-5-8-13(19)16-14-15-11(2)17-18-14/h3-4,6-7H,5,8-9H2,1-2H3,(H2,15,16,17,18,19). The summed E-state index contributed by atoms with van der Waals surface area (Å²) in [5.41, 5.74) is 1.09. The van der Waals surface area contributed by atoms with Gasteiger partial charge in [0.1, 0.15) is 11.6 Å². The van der Waals surface area contributed by atoms with Crippen molar-refractivity contribution in [3.8, 4) is 5.75 Å². The zero-order valence-electron chi connectivity index (χ0n) is 11.6. The lowest BCUT2D eigenvalue weighted by Gasteiger charge is -2.08. The van der Waals surface area contributed by atoms with Crippen LogP contribution in [0, 0.1) is 13.8 Å². The van der Waals surface area contributed by atoms with Crippen molar-refractivity contribution >= 4 is 11.9 Å². The molecule has 0 atom stereocenters. The normalized spacial score (nSPS) is 10.3. The lowest BCUT2D eigenvalue weighted by molar-refractivity contribution is -0.116. The van der Waals surface area contributed by atoms with Crippen LogP contribution in [0.15, 0.2) is 24.3 Å². The van der Waals surface area contributed by atoms with Crippen molar-refractivity contribution < 1.29 is 9.53 Å². The largest absolute Gasteiger partial charge is 0.493 e. The number of anilines is 1. The van der Waals surface area contributed by atoms with Crippen molar-refractivity contribution in [3.05, 3.63) is 35.7 Å². The van der Waals surface area contributed by atoms with Gasteiger partial charge in [0.05, 0.1) is 6.61 Å². The number of nitrogens with one attached hydrogen (secondary N) is 2. The third-order valence-electron chi connectivity index (χ3n) is 2.75. The van der Waals surface area contributed by atoms with Gasteiger partial charge in [-0.2, -0.15) is 4.98 Å². The highest BCUT2D eigenvalue weighted by Gasteiger charge is 2.06. The Hall–Kier alpha value is -2.37. The van der Waals surface area contributed by atoms with E-state index >= 15 is 0 Å². The first-order valence-corrected chi connectivity index (χ1v) is 6.52. The Bertz CT molecular complexity index is 580. The van der Waals surface area contributed by atoms with E-state index in [-0.39, 0.29) is 5.91 Å². The molecular formula is C14H18N4O2. The minimum absolute atomic E-state index is 0.114. The topological polar surface area (TPSA) is 79.9 Å². The molecule has 106 valence electrons. The van der Waals surface area contributed by atoms with Crippen LogP contribution in [0.5, 0.6) is 5.75 Å². The molecule has 0 fully saturated rings. The molecular weight excluding hydrogens is 256 g/mol. The smallest absolute Gasteiger partial charge is 0.248 e. The average Bonchev–Trinajstić information content (AvgIpc) is 2.82. The van der Waals surface area contributed by atoms with Gasteiger partial charge in [0.15, 0.2) is 0 Å². The van der Waals surface area contributed by atoms with Gasteiger partial charge in [-0.3, -0.25) is 15.2 Å². The number of ether oxygens (including phenoxy) is 1. The number of para-hydroxylation sites is 1. The second-order valence-corrected chi connectivity index (χ2v) is 4.51. The van der Waals surface area contributed by atoms with Crippen molar-refractivity contribution in [1.82, 2.24) is 15.2 Å². The summed E-state index contributed by atoms with van der Waals surface area (Å²) < 4.78 is 5.62. The van der Waals surface area contributed by atoms with Gasteiger partial charge in [0, 0.05) is 6.42 Å².